The molecule has 8 nitrogen and oxygen atoms in total. The third-order valence-corrected chi connectivity index (χ3v) is 4.46. The van der Waals surface area contributed by atoms with Crippen LogP contribution in [-0.4, -0.2) is 56.2 Å². The van der Waals surface area contributed by atoms with Gasteiger partial charge >= 0.3 is 6.55 Å². The van der Waals surface area contributed by atoms with Crippen molar-refractivity contribution in [3.8, 4) is 6.07 Å². The molecule has 0 aliphatic carbocycles. The predicted octanol–water partition coefficient (Wildman–Crippen LogP) is 2.07. The van der Waals surface area contributed by atoms with Crippen molar-refractivity contribution >= 4 is 11.7 Å². The lowest BCUT2D eigenvalue weighted by Gasteiger charge is -2.29. The highest BCUT2D eigenvalue weighted by atomic mass is 19.3. The van der Waals surface area contributed by atoms with Crippen LogP contribution >= 0.6 is 0 Å². The molecule has 2 aromatic rings. The maximum atomic E-state index is 13.1. The van der Waals surface area contributed by atoms with Gasteiger partial charge in [0.1, 0.15) is 17.6 Å². The molecule has 0 bridgehead atoms. The Kier molecular flexibility index (Phi) is 5.59. The number of anilines is 1. The molecule has 1 amide bonds. The van der Waals surface area contributed by atoms with E-state index in [2.05, 4.69) is 15.1 Å². The molecule has 1 aliphatic heterocycles. The molecule has 0 aromatic carbocycles. The van der Waals surface area contributed by atoms with Gasteiger partial charge in [-0.05, 0) is 18.9 Å². The number of rotatable bonds is 6. The Balaban J connectivity index is 1.79. The molecule has 27 heavy (non-hydrogen) atoms. The topological polar surface area (TPSA) is 90.9 Å². The van der Waals surface area contributed by atoms with E-state index in [9.17, 15) is 13.6 Å². The number of alkyl halides is 2. The number of nitriles is 1. The van der Waals surface area contributed by atoms with Crippen LogP contribution in [0.4, 0.5) is 14.6 Å². The summed E-state index contributed by atoms with van der Waals surface area (Å²) < 4.78 is 26.6. The van der Waals surface area contributed by atoms with Crippen molar-refractivity contribution in [3.63, 3.8) is 0 Å². The summed E-state index contributed by atoms with van der Waals surface area (Å²) in [5.74, 6) is 0.108. The van der Waals surface area contributed by atoms with Gasteiger partial charge in [0.2, 0.25) is 0 Å². The van der Waals surface area contributed by atoms with Gasteiger partial charge in [0, 0.05) is 25.8 Å². The van der Waals surface area contributed by atoms with Crippen LogP contribution in [0.3, 0.4) is 0 Å². The van der Waals surface area contributed by atoms with Crippen LogP contribution in [0.2, 0.25) is 0 Å². The zero-order valence-corrected chi connectivity index (χ0v) is 14.8. The van der Waals surface area contributed by atoms with Crippen LogP contribution in [0, 0.1) is 11.3 Å². The predicted molar refractivity (Wildman–Crippen MR) is 92.2 cm³/mol. The monoisotopic (exact) mass is 375 g/mol. The fourth-order valence-electron chi connectivity index (χ4n) is 3.24. The number of carbonyl (C=O) groups excluding carboxylic acids is 1. The van der Waals surface area contributed by atoms with E-state index >= 15 is 0 Å². The maximum absolute atomic E-state index is 13.1. The minimum absolute atomic E-state index is 0.122. The minimum atomic E-state index is -2.87. The zero-order valence-electron chi connectivity index (χ0n) is 14.8. The molecule has 0 saturated carbocycles. The standard InChI is InChI=1S/C17H19F2N7O/c1-2-6-25(16(27)14-3-5-22-26(14)17(18)19)13-4-7-24(11-13)15-10-21-9-12(8-20)23-15/h3,5,9-10,13,17H,2,4,6-7,11H2,1H3. The lowest BCUT2D eigenvalue weighted by Crippen LogP contribution is -2.43. The highest BCUT2D eigenvalue weighted by molar-refractivity contribution is 5.92. The van der Waals surface area contributed by atoms with E-state index < -0.39 is 12.5 Å². The molecule has 1 atom stereocenters. The van der Waals surface area contributed by atoms with E-state index in [4.69, 9.17) is 5.26 Å². The van der Waals surface area contributed by atoms with Gasteiger partial charge in [0.05, 0.1) is 18.4 Å². The molecular weight excluding hydrogens is 356 g/mol. The first-order valence-corrected chi connectivity index (χ1v) is 8.64. The normalized spacial score (nSPS) is 16.6. The summed E-state index contributed by atoms with van der Waals surface area (Å²) in [5.41, 5.74) is 0.0986. The Morgan fingerprint density at radius 1 is 1.48 bits per heavy atom. The second kappa shape index (κ2) is 8.07. The molecule has 3 heterocycles. The van der Waals surface area contributed by atoms with E-state index in [0.29, 0.717) is 43.0 Å². The Hall–Kier alpha value is -3.09. The number of hydrogen-bond acceptors (Lipinski definition) is 6. The van der Waals surface area contributed by atoms with Gasteiger partial charge in [0.15, 0.2) is 5.69 Å². The molecule has 2 aromatic heterocycles. The molecule has 0 spiro atoms. The third-order valence-electron chi connectivity index (χ3n) is 4.46. The van der Waals surface area contributed by atoms with Crippen molar-refractivity contribution in [2.45, 2.75) is 32.4 Å². The van der Waals surface area contributed by atoms with Gasteiger partial charge in [-0.25, -0.2) is 4.98 Å². The number of carbonyl (C=O) groups is 1. The number of nitrogens with zero attached hydrogens (tertiary/aromatic N) is 7. The molecule has 3 rings (SSSR count). The van der Waals surface area contributed by atoms with Gasteiger partial charge in [-0.1, -0.05) is 6.92 Å². The Labute approximate surface area is 155 Å². The molecule has 1 aliphatic rings. The van der Waals surface area contributed by atoms with Crippen molar-refractivity contribution in [1.82, 2.24) is 24.6 Å². The Morgan fingerprint density at radius 2 is 2.30 bits per heavy atom. The summed E-state index contributed by atoms with van der Waals surface area (Å²) in [7, 11) is 0. The minimum Gasteiger partial charge on any atom is -0.353 e. The smallest absolute Gasteiger partial charge is 0.333 e. The quantitative estimate of drug-likeness (QED) is 0.768. The molecule has 10 heteroatoms. The van der Waals surface area contributed by atoms with E-state index in [1.54, 1.807) is 11.1 Å². The number of aromatic nitrogens is 4. The highest BCUT2D eigenvalue weighted by Crippen LogP contribution is 2.23. The van der Waals surface area contributed by atoms with Crippen LogP contribution in [-0.2, 0) is 0 Å². The second-order valence-electron chi connectivity index (χ2n) is 6.20. The van der Waals surface area contributed by atoms with E-state index in [-0.39, 0.29) is 17.4 Å². The van der Waals surface area contributed by atoms with Crippen molar-refractivity contribution < 1.29 is 13.6 Å². The van der Waals surface area contributed by atoms with Crippen LogP contribution < -0.4 is 4.90 Å². The first-order chi connectivity index (χ1) is 13.0. The van der Waals surface area contributed by atoms with E-state index in [1.807, 2.05) is 17.9 Å². The molecule has 1 unspecified atom stereocenters. The molecule has 1 fully saturated rings. The molecule has 142 valence electrons. The van der Waals surface area contributed by atoms with Crippen LogP contribution in [0.1, 0.15) is 42.5 Å². The van der Waals surface area contributed by atoms with Gasteiger partial charge < -0.3 is 9.80 Å². The summed E-state index contributed by atoms with van der Waals surface area (Å²) in [4.78, 5) is 24.7. The maximum Gasteiger partial charge on any atom is 0.333 e. The fraction of sp³-hybridized carbons (Fsp3) is 0.471. The third kappa shape index (κ3) is 3.86. The van der Waals surface area contributed by atoms with Gasteiger partial charge in [-0.2, -0.15) is 23.8 Å². The summed E-state index contributed by atoms with van der Waals surface area (Å²) in [6.45, 7) is 0.648. The largest absolute Gasteiger partial charge is 0.353 e. The van der Waals surface area contributed by atoms with Gasteiger partial charge in [-0.15, -0.1) is 0 Å². The van der Waals surface area contributed by atoms with Crippen LogP contribution in [0.15, 0.2) is 24.7 Å². The number of halogens is 2. The second-order valence-corrected chi connectivity index (χ2v) is 6.20. The van der Waals surface area contributed by atoms with Crippen molar-refractivity contribution in [2.24, 2.45) is 0 Å². The van der Waals surface area contributed by atoms with E-state index in [0.717, 1.165) is 0 Å². The summed E-state index contributed by atoms with van der Waals surface area (Å²) >= 11 is 0. The van der Waals surface area contributed by atoms with E-state index in [1.165, 1.54) is 18.5 Å². The average molecular weight is 375 g/mol. The number of amides is 1. The first kappa shape index (κ1) is 18.7. The van der Waals surface area contributed by atoms with Crippen molar-refractivity contribution in [1.29, 1.82) is 5.26 Å². The summed E-state index contributed by atoms with van der Waals surface area (Å²) in [5, 5.41) is 12.5. The molecule has 0 N–H and O–H groups in total. The van der Waals surface area contributed by atoms with Crippen molar-refractivity contribution in [3.05, 3.63) is 36.0 Å². The lowest BCUT2D eigenvalue weighted by molar-refractivity contribution is 0.0443. The first-order valence-electron chi connectivity index (χ1n) is 8.64. The van der Waals surface area contributed by atoms with Gasteiger partial charge in [0.25, 0.3) is 5.91 Å². The van der Waals surface area contributed by atoms with Gasteiger partial charge in [-0.3, -0.25) is 9.78 Å². The van der Waals surface area contributed by atoms with Crippen LogP contribution in [0.5, 0.6) is 0 Å². The molecule has 1 saturated heterocycles. The fourth-order valence-corrected chi connectivity index (χ4v) is 3.24. The highest BCUT2D eigenvalue weighted by Gasteiger charge is 2.33. The summed E-state index contributed by atoms with van der Waals surface area (Å²) in [6, 6.07) is 3.12. The Morgan fingerprint density at radius 3 is 3.00 bits per heavy atom. The zero-order chi connectivity index (χ0) is 19.4. The van der Waals surface area contributed by atoms with Crippen LogP contribution in [0.25, 0.3) is 0 Å². The number of hydrogen-bond donors (Lipinski definition) is 0. The molecule has 0 radical (unpaired) electrons. The lowest BCUT2D eigenvalue weighted by atomic mass is 10.2. The Bertz CT molecular complexity index is 848. The van der Waals surface area contributed by atoms with Crippen molar-refractivity contribution in [2.75, 3.05) is 24.5 Å². The average Bonchev–Trinajstić information content (AvgIpc) is 3.35. The SMILES string of the molecule is CCCN(C(=O)c1ccnn1C(F)F)C1CCN(c2cncc(C#N)n2)C1. The summed E-state index contributed by atoms with van der Waals surface area (Å²) in [6.07, 6.45) is 5.53. The molecular formula is C17H19F2N7O.